The molecule has 0 aliphatic carbocycles. The SMILES string of the molecule is COc1cccc2c(=O)n(C=CC(=O)O)cnc12. The lowest BCUT2D eigenvalue weighted by atomic mass is 10.2. The molecule has 0 amide bonds. The van der Waals surface area contributed by atoms with Crippen LogP contribution in [0.1, 0.15) is 0 Å². The summed E-state index contributed by atoms with van der Waals surface area (Å²) in [6.07, 6.45) is 3.28. The Kier molecular flexibility index (Phi) is 3.09. The van der Waals surface area contributed by atoms with Crippen LogP contribution in [0.5, 0.6) is 5.75 Å². The number of fused-ring (bicyclic) bond motifs is 1. The van der Waals surface area contributed by atoms with Crippen molar-refractivity contribution in [3.8, 4) is 5.75 Å². The van der Waals surface area contributed by atoms with E-state index in [0.717, 1.165) is 16.8 Å². The smallest absolute Gasteiger partial charge is 0.329 e. The van der Waals surface area contributed by atoms with E-state index in [0.29, 0.717) is 16.7 Å². The number of para-hydroxylation sites is 1. The van der Waals surface area contributed by atoms with E-state index in [2.05, 4.69) is 4.98 Å². The van der Waals surface area contributed by atoms with Crippen LogP contribution >= 0.6 is 0 Å². The molecule has 0 radical (unpaired) electrons. The van der Waals surface area contributed by atoms with Gasteiger partial charge >= 0.3 is 5.97 Å². The molecule has 6 nitrogen and oxygen atoms in total. The Morgan fingerprint density at radius 2 is 2.28 bits per heavy atom. The zero-order valence-electron chi connectivity index (χ0n) is 9.53. The Morgan fingerprint density at radius 1 is 1.50 bits per heavy atom. The normalized spacial score (nSPS) is 10.9. The first-order chi connectivity index (χ1) is 8.63. The minimum atomic E-state index is -1.13. The number of aromatic nitrogens is 2. The molecule has 1 aromatic carbocycles. The summed E-state index contributed by atoms with van der Waals surface area (Å²) in [5.41, 5.74) is 0.0985. The molecule has 92 valence electrons. The van der Waals surface area contributed by atoms with E-state index in [9.17, 15) is 9.59 Å². The number of hydrogen-bond donors (Lipinski definition) is 1. The second-order valence-electron chi connectivity index (χ2n) is 3.47. The molecule has 0 saturated carbocycles. The summed E-state index contributed by atoms with van der Waals surface area (Å²) < 4.78 is 6.20. The van der Waals surface area contributed by atoms with Crippen molar-refractivity contribution in [2.24, 2.45) is 0 Å². The maximum atomic E-state index is 12.0. The molecule has 0 fully saturated rings. The Morgan fingerprint density at radius 3 is 2.94 bits per heavy atom. The Labute approximate surface area is 102 Å². The van der Waals surface area contributed by atoms with Crippen LogP contribution < -0.4 is 10.3 Å². The Hall–Kier alpha value is -2.63. The van der Waals surface area contributed by atoms with Gasteiger partial charge in [-0.2, -0.15) is 0 Å². The van der Waals surface area contributed by atoms with Gasteiger partial charge in [-0.25, -0.2) is 9.78 Å². The van der Waals surface area contributed by atoms with Gasteiger partial charge in [-0.05, 0) is 12.1 Å². The van der Waals surface area contributed by atoms with Crippen molar-refractivity contribution in [3.05, 3.63) is 41.0 Å². The topological polar surface area (TPSA) is 81.4 Å². The molecule has 0 aliphatic rings. The summed E-state index contributed by atoms with van der Waals surface area (Å²) >= 11 is 0. The third-order valence-corrected chi connectivity index (χ3v) is 2.37. The average molecular weight is 246 g/mol. The molecule has 18 heavy (non-hydrogen) atoms. The summed E-state index contributed by atoms with van der Waals surface area (Å²) in [6.45, 7) is 0. The van der Waals surface area contributed by atoms with Crippen LogP contribution in [-0.2, 0) is 4.79 Å². The van der Waals surface area contributed by atoms with E-state index in [1.165, 1.54) is 13.4 Å². The highest BCUT2D eigenvalue weighted by Crippen LogP contribution is 2.19. The van der Waals surface area contributed by atoms with Gasteiger partial charge in [-0.3, -0.25) is 9.36 Å². The second-order valence-corrected chi connectivity index (χ2v) is 3.47. The van der Waals surface area contributed by atoms with Crippen molar-refractivity contribution in [3.63, 3.8) is 0 Å². The summed E-state index contributed by atoms with van der Waals surface area (Å²) in [5, 5.41) is 8.89. The molecule has 0 aliphatic heterocycles. The van der Waals surface area contributed by atoms with Gasteiger partial charge in [0.2, 0.25) is 0 Å². The Bertz CT molecular complexity index is 688. The van der Waals surface area contributed by atoms with Gasteiger partial charge in [0.05, 0.1) is 12.5 Å². The van der Waals surface area contributed by atoms with Crippen LogP contribution in [0, 0.1) is 0 Å². The largest absolute Gasteiger partial charge is 0.494 e. The second kappa shape index (κ2) is 4.70. The summed E-state index contributed by atoms with van der Waals surface area (Å²) in [6, 6.07) is 4.99. The number of methoxy groups -OCH3 is 1. The predicted octanol–water partition coefficient (Wildman–Crippen LogP) is 0.960. The summed E-state index contributed by atoms with van der Waals surface area (Å²) in [7, 11) is 1.49. The molecule has 0 spiro atoms. The van der Waals surface area contributed by atoms with E-state index in [1.807, 2.05) is 0 Å². The lowest BCUT2D eigenvalue weighted by Gasteiger charge is -2.05. The fourth-order valence-electron chi connectivity index (χ4n) is 1.55. The van der Waals surface area contributed by atoms with E-state index in [4.69, 9.17) is 9.84 Å². The minimum absolute atomic E-state index is 0.351. The number of aliphatic carboxylic acids is 1. The van der Waals surface area contributed by atoms with Crippen LogP contribution in [0.15, 0.2) is 35.4 Å². The molecule has 0 bridgehead atoms. The van der Waals surface area contributed by atoms with Crippen LogP contribution in [0.2, 0.25) is 0 Å². The average Bonchev–Trinajstić information content (AvgIpc) is 2.37. The van der Waals surface area contributed by atoms with Crippen LogP contribution in [0.25, 0.3) is 17.1 Å². The van der Waals surface area contributed by atoms with Gasteiger partial charge in [-0.15, -0.1) is 0 Å². The van der Waals surface area contributed by atoms with Crippen molar-refractivity contribution in [1.82, 2.24) is 9.55 Å². The molecule has 2 rings (SSSR count). The van der Waals surface area contributed by atoms with Gasteiger partial charge in [0.15, 0.2) is 0 Å². The zero-order valence-corrected chi connectivity index (χ0v) is 9.53. The molecule has 0 unspecified atom stereocenters. The number of ether oxygens (including phenoxy) is 1. The van der Waals surface area contributed by atoms with E-state index in [1.54, 1.807) is 18.2 Å². The minimum Gasteiger partial charge on any atom is -0.494 e. The fourth-order valence-corrected chi connectivity index (χ4v) is 1.55. The number of carbonyl (C=O) groups is 1. The maximum absolute atomic E-state index is 12.0. The van der Waals surface area contributed by atoms with Gasteiger partial charge in [-0.1, -0.05) is 6.07 Å². The van der Waals surface area contributed by atoms with Gasteiger partial charge in [0, 0.05) is 12.3 Å². The molecule has 0 atom stereocenters. The zero-order chi connectivity index (χ0) is 13.1. The summed E-state index contributed by atoms with van der Waals surface area (Å²) in [4.78, 5) is 26.5. The van der Waals surface area contributed by atoms with E-state index < -0.39 is 5.97 Å². The number of nitrogens with zero attached hydrogens (tertiary/aromatic N) is 2. The molecule has 0 saturated heterocycles. The lowest BCUT2D eigenvalue weighted by molar-refractivity contribution is -0.131. The Balaban J connectivity index is 2.65. The summed E-state index contributed by atoms with van der Waals surface area (Å²) in [5.74, 6) is -0.633. The predicted molar refractivity (Wildman–Crippen MR) is 65.5 cm³/mol. The highest BCUT2D eigenvalue weighted by atomic mass is 16.5. The molecule has 1 N–H and O–H groups in total. The van der Waals surface area contributed by atoms with Gasteiger partial charge < -0.3 is 9.84 Å². The lowest BCUT2D eigenvalue weighted by Crippen LogP contribution is -2.16. The molecular weight excluding hydrogens is 236 g/mol. The number of carboxylic acid groups (broad SMARTS) is 1. The third-order valence-electron chi connectivity index (χ3n) is 2.37. The molecule has 1 heterocycles. The van der Waals surface area contributed by atoms with Crippen molar-refractivity contribution < 1.29 is 14.6 Å². The van der Waals surface area contributed by atoms with Crippen molar-refractivity contribution in [2.75, 3.05) is 7.11 Å². The first kappa shape index (κ1) is 11.8. The highest BCUT2D eigenvalue weighted by Gasteiger charge is 2.06. The third kappa shape index (κ3) is 2.08. The standard InChI is InChI=1S/C12H10N2O4/c1-18-9-4-2-3-8-11(9)13-7-14(12(8)17)6-5-10(15)16/h2-7H,1H3,(H,15,16). The molecular formula is C12H10N2O4. The van der Waals surface area contributed by atoms with Gasteiger partial charge in [0.25, 0.3) is 5.56 Å². The molecule has 1 aromatic heterocycles. The van der Waals surface area contributed by atoms with E-state index >= 15 is 0 Å². The monoisotopic (exact) mass is 246 g/mol. The highest BCUT2D eigenvalue weighted by molar-refractivity contribution is 5.85. The molecule has 6 heteroatoms. The van der Waals surface area contributed by atoms with Crippen molar-refractivity contribution in [1.29, 1.82) is 0 Å². The van der Waals surface area contributed by atoms with E-state index in [-0.39, 0.29) is 5.56 Å². The number of hydrogen-bond acceptors (Lipinski definition) is 4. The van der Waals surface area contributed by atoms with Gasteiger partial charge in [0.1, 0.15) is 17.6 Å². The maximum Gasteiger partial charge on any atom is 0.329 e. The quantitative estimate of drug-likeness (QED) is 0.816. The number of carboxylic acids is 1. The number of rotatable bonds is 3. The molecule has 2 aromatic rings. The number of benzene rings is 1. The van der Waals surface area contributed by atoms with Crippen LogP contribution in [0.4, 0.5) is 0 Å². The first-order valence-electron chi connectivity index (χ1n) is 5.08. The van der Waals surface area contributed by atoms with Crippen LogP contribution in [-0.4, -0.2) is 27.7 Å². The van der Waals surface area contributed by atoms with Crippen molar-refractivity contribution in [2.45, 2.75) is 0 Å². The van der Waals surface area contributed by atoms with Crippen molar-refractivity contribution >= 4 is 23.1 Å². The van der Waals surface area contributed by atoms with Crippen LogP contribution in [0.3, 0.4) is 0 Å². The fraction of sp³-hybridized carbons (Fsp3) is 0.0833. The first-order valence-corrected chi connectivity index (χ1v) is 5.08.